The summed E-state index contributed by atoms with van der Waals surface area (Å²) in [6.07, 6.45) is 0.813. The van der Waals surface area contributed by atoms with E-state index in [1.165, 1.54) is 13.4 Å². The minimum absolute atomic E-state index is 0.0698. The lowest BCUT2D eigenvalue weighted by molar-refractivity contribution is -0.199. The van der Waals surface area contributed by atoms with Crippen molar-refractivity contribution in [3.63, 3.8) is 0 Å². The molecular weight excluding hydrogens is 636 g/mol. The third kappa shape index (κ3) is 8.18. The van der Waals surface area contributed by atoms with Gasteiger partial charge in [0.25, 0.3) is 0 Å². The van der Waals surface area contributed by atoms with Crippen LogP contribution in [0.2, 0.25) is 0 Å². The first-order valence-electron chi connectivity index (χ1n) is 16.0. The van der Waals surface area contributed by atoms with Crippen LogP contribution in [-0.2, 0) is 41.6 Å². The predicted octanol–water partition coefficient (Wildman–Crippen LogP) is 4.12. The zero-order chi connectivity index (χ0) is 34.4. The number of ether oxygens (including phenoxy) is 7. The summed E-state index contributed by atoms with van der Waals surface area (Å²) >= 11 is 0. The Kier molecular flexibility index (Phi) is 10.4. The maximum atomic E-state index is 12.3. The number of aromatic nitrogens is 4. The third-order valence-corrected chi connectivity index (χ3v) is 8.14. The van der Waals surface area contributed by atoms with E-state index < -0.39 is 36.4 Å². The molecule has 15 nitrogen and oxygen atoms in total. The molecule has 2 saturated heterocycles. The third-order valence-electron chi connectivity index (χ3n) is 8.14. The smallest absolute Gasteiger partial charge is 0.407 e. The highest BCUT2D eigenvalue weighted by Gasteiger charge is 2.56. The van der Waals surface area contributed by atoms with E-state index in [0.29, 0.717) is 36.6 Å². The van der Waals surface area contributed by atoms with Crippen molar-refractivity contribution in [2.24, 2.45) is 0 Å². The summed E-state index contributed by atoms with van der Waals surface area (Å²) in [4.78, 5) is 37.1. The van der Waals surface area contributed by atoms with Crippen molar-refractivity contribution in [2.75, 3.05) is 32.7 Å². The van der Waals surface area contributed by atoms with Gasteiger partial charge in [0.2, 0.25) is 0 Å². The van der Waals surface area contributed by atoms with E-state index in [1.54, 1.807) is 18.0 Å². The van der Waals surface area contributed by atoms with E-state index >= 15 is 0 Å². The van der Waals surface area contributed by atoms with E-state index in [4.69, 9.17) is 28.4 Å². The number of alkyl carbamates (subject to hydrolysis) is 1. The summed E-state index contributed by atoms with van der Waals surface area (Å²) < 4.78 is 41.7. The second kappa shape index (κ2) is 15.1. The van der Waals surface area contributed by atoms with Crippen LogP contribution in [0.25, 0.3) is 11.2 Å². The molecule has 2 fully saturated rings. The number of imidazole rings is 1. The highest BCUT2D eigenvalue weighted by molar-refractivity contribution is 5.82. The molecule has 2 aliphatic rings. The Hall–Kier alpha value is -4.99. The number of hydrogen-bond acceptors (Lipinski definition) is 13. The van der Waals surface area contributed by atoms with Gasteiger partial charge in [0, 0.05) is 19.5 Å². The average Bonchev–Trinajstić information content (AvgIpc) is 3.78. The highest BCUT2D eigenvalue weighted by atomic mass is 16.8. The Morgan fingerprint density at radius 3 is 2.43 bits per heavy atom. The molecule has 4 atom stereocenters. The molecule has 2 N–H and O–H groups in total. The van der Waals surface area contributed by atoms with Crippen molar-refractivity contribution in [2.45, 2.75) is 70.2 Å². The zero-order valence-electron chi connectivity index (χ0n) is 27.8. The lowest BCUT2D eigenvalue weighted by Gasteiger charge is -2.24. The number of anilines is 1. The van der Waals surface area contributed by atoms with E-state index in [0.717, 1.165) is 22.6 Å². The molecule has 260 valence electrons. The summed E-state index contributed by atoms with van der Waals surface area (Å²) in [5.41, 5.74) is 3.18. The van der Waals surface area contributed by atoms with Gasteiger partial charge in [-0.15, -0.1) is 0 Å². The summed E-state index contributed by atoms with van der Waals surface area (Å²) in [6, 6.07) is 15.6. The fourth-order valence-corrected chi connectivity index (χ4v) is 5.70. The van der Waals surface area contributed by atoms with Crippen LogP contribution in [0, 0.1) is 0 Å². The highest BCUT2D eigenvalue weighted by Crippen LogP contribution is 2.44. The molecule has 15 heteroatoms. The fraction of sp³-hybridized carbons (Fsp3) is 0.441. The number of nitrogens with one attached hydrogen (secondary N) is 2. The number of carbonyl (C=O) groups is 2. The first-order valence-corrected chi connectivity index (χ1v) is 16.0. The minimum Gasteiger partial charge on any atom is -0.497 e. The van der Waals surface area contributed by atoms with Gasteiger partial charge in [-0.05, 0) is 55.7 Å². The monoisotopic (exact) mass is 676 g/mol. The first-order chi connectivity index (χ1) is 23.7. The average molecular weight is 677 g/mol. The summed E-state index contributed by atoms with van der Waals surface area (Å²) in [7, 11) is 2.96. The number of fused-ring (bicyclic) bond motifs is 2. The van der Waals surface area contributed by atoms with Crippen LogP contribution in [0.3, 0.4) is 0 Å². The Morgan fingerprint density at radius 1 is 0.939 bits per heavy atom. The largest absolute Gasteiger partial charge is 0.497 e. The number of methoxy groups -OCH3 is 2. The van der Waals surface area contributed by atoms with Gasteiger partial charge in [0.15, 0.2) is 29.0 Å². The van der Waals surface area contributed by atoms with Crippen molar-refractivity contribution in [3.05, 3.63) is 72.3 Å². The number of nitrogens with zero attached hydrogens (tertiary/aromatic N) is 4. The molecule has 0 aliphatic carbocycles. The molecule has 0 saturated carbocycles. The van der Waals surface area contributed by atoms with Crippen molar-refractivity contribution in [3.8, 4) is 11.5 Å². The number of hydrogen-bond donors (Lipinski definition) is 2. The lowest BCUT2D eigenvalue weighted by Crippen LogP contribution is -2.35. The zero-order valence-corrected chi connectivity index (χ0v) is 27.8. The van der Waals surface area contributed by atoms with E-state index in [-0.39, 0.29) is 25.5 Å². The van der Waals surface area contributed by atoms with Crippen LogP contribution in [-0.4, -0.2) is 83.1 Å². The number of esters is 1. The molecule has 2 aromatic heterocycles. The molecule has 2 aliphatic heterocycles. The molecule has 0 bridgehead atoms. The van der Waals surface area contributed by atoms with Gasteiger partial charge in [-0.25, -0.2) is 19.7 Å². The normalized spacial score (nSPS) is 20.8. The van der Waals surface area contributed by atoms with Gasteiger partial charge in [-0.2, -0.15) is 0 Å². The van der Waals surface area contributed by atoms with Gasteiger partial charge in [-0.1, -0.05) is 24.3 Å². The first kappa shape index (κ1) is 33.9. The van der Waals surface area contributed by atoms with Crippen LogP contribution in [0.4, 0.5) is 10.6 Å². The molecule has 6 rings (SSSR count). The number of benzene rings is 2. The molecule has 0 spiro atoms. The summed E-state index contributed by atoms with van der Waals surface area (Å²) in [6.45, 7) is 4.79. The van der Waals surface area contributed by atoms with Crippen molar-refractivity contribution in [1.82, 2.24) is 24.8 Å². The quantitative estimate of drug-likeness (QED) is 0.145. The van der Waals surface area contributed by atoms with Crippen molar-refractivity contribution < 1.29 is 42.7 Å². The molecular formula is C34H40N6O9. The van der Waals surface area contributed by atoms with Gasteiger partial charge in [0.1, 0.15) is 49.4 Å². The van der Waals surface area contributed by atoms with Gasteiger partial charge < -0.3 is 43.8 Å². The molecule has 4 aromatic rings. The molecule has 4 heterocycles. The molecule has 0 radical (unpaired) electrons. The van der Waals surface area contributed by atoms with Crippen LogP contribution in [0.5, 0.6) is 11.5 Å². The minimum atomic E-state index is -0.875. The van der Waals surface area contributed by atoms with Crippen molar-refractivity contribution >= 4 is 29.0 Å². The molecule has 49 heavy (non-hydrogen) atoms. The maximum Gasteiger partial charge on any atom is 0.407 e. The number of rotatable bonds is 14. The number of carbonyl (C=O) groups excluding carboxylic acids is 2. The van der Waals surface area contributed by atoms with E-state index in [1.807, 2.05) is 62.4 Å². The van der Waals surface area contributed by atoms with Crippen LogP contribution in [0.1, 0.15) is 44.0 Å². The molecule has 2 aromatic carbocycles. The topological polar surface area (TPSA) is 166 Å². The van der Waals surface area contributed by atoms with E-state index in [2.05, 4.69) is 30.3 Å². The number of amides is 1. The summed E-state index contributed by atoms with van der Waals surface area (Å²) in [5, 5.41) is 5.99. The van der Waals surface area contributed by atoms with E-state index in [9.17, 15) is 9.59 Å². The fourth-order valence-electron chi connectivity index (χ4n) is 5.70. The molecule has 1 amide bonds. The maximum absolute atomic E-state index is 12.3. The van der Waals surface area contributed by atoms with Gasteiger partial charge in [0.05, 0.1) is 20.5 Å². The second-order valence-electron chi connectivity index (χ2n) is 12.0. The Balaban J connectivity index is 1.06. The second-order valence-corrected chi connectivity index (χ2v) is 12.0. The predicted molar refractivity (Wildman–Crippen MR) is 175 cm³/mol. The molecule has 1 unspecified atom stereocenters. The SMILES string of the molecule is COC(=O)CCCNC(=O)OC[C@H]1O[C@@H](n2cnc3c(NCc4ccc(OCc5ccc(OC)cc5)cc4)ncnc32)[C@H]2OC(C)(C)OC12. The van der Waals surface area contributed by atoms with Crippen LogP contribution < -0.4 is 20.1 Å². The van der Waals surface area contributed by atoms with Gasteiger partial charge >= 0.3 is 12.1 Å². The van der Waals surface area contributed by atoms with Gasteiger partial charge in [-0.3, -0.25) is 9.36 Å². The summed E-state index contributed by atoms with van der Waals surface area (Å²) in [5.74, 6) is 0.912. The Bertz CT molecular complexity index is 1730. The lowest BCUT2D eigenvalue weighted by atomic mass is 10.1. The van der Waals surface area contributed by atoms with Crippen molar-refractivity contribution in [1.29, 1.82) is 0 Å². The van der Waals surface area contributed by atoms with Crippen LogP contribution in [0.15, 0.2) is 61.2 Å². The standard InChI is InChI=1S/C34H40N6O9/c1-34(2)48-28-25(18-46-33(42)35-15-5-6-26(41)44-4)47-32(29(28)49-34)40-20-39-27-30(37-19-38-31(27)40)36-16-21-7-13-24(14-8-21)45-17-22-9-11-23(43-3)12-10-22/h7-14,19-20,25,28-29,32H,5-6,15-18H2,1-4H3,(H,35,42)(H,36,37,38)/t25-,28?,29+,32-/m1/s1. The Labute approximate surface area is 283 Å². The van der Waals surface area contributed by atoms with Crippen LogP contribution >= 0.6 is 0 Å². The Morgan fingerprint density at radius 2 is 1.67 bits per heavy atom.